The lowest BCUT2D eigenvalue weighted by molar-refractivity contribution is -0.139. The molecule has 2 N–H and O–H groups in total. The molecule has 0 bridgehead atoms. The fraction of sp³-hybridized carbons (Fsp3) is 0.526. The Morgan fingerprint density at radius 1 is 1.19 bits per heavy atom. The molecule has 8 nitrogen and oxygen atoms in total. The van der Waals surface area contributed by atoms with Gasteiger partial charge >= 0.3 is 12.0 Å². The van der Waals surface area contributed by atoms with Gasteiger partial charge in [0.25, 0.3) is 5.91 Å². The molecule has 2 rings (SSSR count). The molecule has 148 valence electrons. The van der Waals surface area contributed by atoms with Gasteiger partial charge in [0, 0.05) is 39.1 Å². The highest BCUT2D eigenvalue weighted by Crippen LogP contribution is 2.15. The van der Waals surface area contributed by atoms with Gasteiger partial charge in [-0.2, -0.15) is 0 Å². The SMILES string of the molecule is Cc1cccc(OC(C)C(=O)N2CCN(C(=O)NCCCC(=O)O)CC2)c1. The number of aryl methyl sites for hydroxylation is 1. The molecule has 0 saturated carbocycles. The number of amides is 3. The Morgan fingerprint density at radius 3 is 2.48 bits per heavy atom. The van der Waals surface area contributed by atoms with Crippen LogP contribution < -0.4 is 10.1 Å². The molecule has 0 aliphatic carbocycles. The van der Waals surface area contributed by atoms with Crippen LogP contribution in [0, 0.1) is 6.92 Å². The zero-order valence-electron chi connectivity index (χ0n) is 15.8. The summed E-state index contributed by atoms with van der Waals surface area (Å²) >= 11 is 0. The number of hydrogen-bond acceptors (Lipinski definition) is 4. The van der Waals surface area contributed by atoms with Gasteiger partial charge in [-0.15, -0.1) is 0 Å². The molecule has 0 radical (unpaired) electrons. The number of ether oxygens (including phenoxy) is 1. The first-order chi connectivity index (χ1) is 12.9. The summed E-state index contributed by atoms with van der Waals surface area (Å²) < 4.78 is 5.74. The Morgan fingerprint density at radius 2 is 1.85 bits per heavy atom. The maximum atomic E-state index is 12.6. The number of carboxylic acid groups (broad SMARTS) is 1. The van der Waals surface area contributed by atoms with Crippen LogP contribution in [0.1, 0.15) is 25.3 Å². The van der Waals surface area contributed by atoms with Crippen LogP contribution in [-0.2, 0) is 9.59 Å². The lowest BCUT2D eigenvalue weighted by atomic mass is 10.2. The number of benzene rings is 1. The third-order valence-electron chi connectivity index (χ3n) is 4.37. The summed E-state index contributed by atoms with van der Waals surface area (Å²) in [5.74, 6) is -0.313. The summed E-state index contributed by atoms with van der Waals surface area (Å²) in [6, 6.07) is 7.33. The number of urea groups is 1. The zero-order valence-corrected chi connectivity index (χ0v) is 15.8. The maximum Gasteiger partial charge on any atom is 0.317 e. The number of carbonyl (C=O) groups excluding carboxylic acids is 2. The second-order valence-electron chi connectivity index (χ2n) is 6.62. The summed E-state index contributed by atoms with van der Waals surface area (Å²) in [5, 5.41) is 11.3. The topological polar surface area (TPSA) is 99.2 Å². The van der Waals surface area contributed by atoms with E-state index in [0.717, 1.165) is 5.56 Å². The smallest absolute Gasteiger partial charge is 0.317 e. The molecule has 1 heterocycles. The van der Waals surface area contributed by atoms with Gasteiger partial charge in [-0.05, 0) is 38.0 Å². The van der Waals surface area contributed by atoms with Crippen molar-refractivity contribution in [2.75, 3.05) is 32.7 Å². The molecule has 1 atom stereocenters. The Balaban J connectivity index is 1.74. The third kappa shape index (κ3) is 6.47. The molecule has 1 aromatic carbocycles. The van der Waals surface area contributed by atoms with Gasteiger partial charge < -0.3 is 25.0 Å². The number of piperazine rings is 1. The first-order valence-electron chi connectivity index (χ1n) is 9.13. The molecule has 1 unspecified atom stereocenters. The van der Waals surface area contributed by atoms with Crippen molar-refractivity contribution in [2.45, 2.75) is 32.8 Å². The fourth-order valence-corrected chi connectivity index (χ4v) is 2.88. The lowest BCUT2D eigenvalue weighted by Gasteiger charge is -2.35. The molecule has 3 amide bonds. The van der Waals surface area contributed by atoms with E-state index in [0.29, 0.717) is 44.9 Å². The Hall–Kier alpha value is -2.77. The monoisotopic (exact) mass is 377 g/mol. The Kier molecular flexibility index (Phi) is 7.45. The van der Waals surface area contributed by atoms with Crippen molar-refractivity contribution in [1.82, 2.24) is 15.1 Å². The second-order valence-corrected chi connectivity index (χ2v) is 6.62. The van der Waals surface area contributed by atoms with Crippen molar-refractivity contribution >= 4 is 17.9 Å². The number of carbonyl (C=O) groups is 3. The standard InChI is InChI=1S/C19H27N3O5/c1-14-5-3-6-16(13-14)27-15(2)18(25)21-9-11-22(12-10-21)19(26)20-8-4-7-17(23)24/h3,5-6,13,15H,4,7-12H2,1-2H3,(H,20,26)(H,23,24). The number of aliphatic carboxylic acids is 1. The summed E-state index contributed by atoms with van der Waals surface area (Å²) in [6.07, 6.45) is -0.169. The van der Waals surface area contributed by atoms with E-state index in [1.165, 1.54) is 0 Å². The molecule has 1 saturated heterocycles. The number of nitrogens with one attached hydrogen (secondary N) is 1. The van der Waals surface area contributed by atoms with Gasteiger partial charge in [-0.3, -0.25) is 9.59 Å². The van der Waals surface area contributed by atoms with Gasteiger partial charge in [0.15, 0.2) is 6.10 Å². The summed E-state index contributed by atoms with van der Waals surface area (Å²) in [5.41, 5.74) is 1.06. The molecule has 0 aromatic heterocycles. The van der Waals surface area contributed by atoms with E-state index in [-0.39, 0.29) is 18.4 Å². The highest BCUT2D eigenvalue weighted by molar-refractivity contribution is 5.81. The molecule has 27 heavy (non-hydrogen) atoms. The molecule has 8 heteroatoms. The van der Waals surface area contributed by atoms with Gasteiger partial charge in [-0.1, -0.05) is 12.1 Å². The average Bonchev–Trinajstić information content (AvgIpc) is 2.64. The minimum atomic E-state index is -0.877. The van der Waals surface area contributed by atoms with E-state index in [2.05, 4.69) is 5.32 Å². The predicted octanol–water partition coefficient (Wildman–Crippen LogP) is 1.48. The molecule has 1 aromatic rings. The number of nitrogens with zero attached hydrogens (tertiary/aromatic N) is 2. The number of rotatable bonds is 7. The van der Waals surface area contributed by atoms with Crippen LogP contribution in [0.15, 0.2) is 24.3 Å². The van der Waals surface area contributed by atoms with Crippen LogP contribution in [0.25, 0.3) is 0 Å². The first kappa shape index (κ1) is 20.5. The van der Waals surface area contributed by atoms with E-state index in [4.69, 9.17) is 9.84 Å². The second kappa shape index (κ2) is 9.80. The van der Waals surface area contributed by atoms with Crippen molar-refractivity contribution in [3.8, 4) is 5.75 Å². The highest BCUT2D eigenvalue weighted by atomic mass is 16.5. The Labute approximate surface area is 159 Å². The predicted molar refractivity (Wildman–Crippen MR) is 99.7 cm³/mol. The lowest BCUT2D eigenvalue weighted by Crippen LogP contribution is -2.55. The largest absolute Gasteiger partial charge is 0.481 e. The van der Waals surface area contributed by atoms with Gasteiger partial charge in [-0.25, -0.2) is 4.79 Å². The third-order valence-corrected chi connectivity index (χ3v) is 4.37. The summed E-state index contributed by atoms with van der Waals surface area (Å²) in [6.45, 7) is 5.79. The van der Waals surface area contributed by atoms with Crippen LogP contribution in [0.3, 0.4) is 0 Å². The normalized spacial score (nSPS) is 15.2. The molecular weight excluding hydrogens is 350 g/mol. The minimum absolute atomic E-state index is 0.0292. The van der Waals surface area contributed by atoms with Crippen molar-refractivity contribution in [3.05, 3.63) is 29.8 Å². The van der Waals surface area contributed by atoms with E-state index < -0.39 is 12.1 Å². The van der Waals surface area contributed by atoms with Crippen molar-refractivity contribution in [1.29, 1.82) is 0 Å². The number of hydrogen-bond donors (Lipinski definition) is 2. The molecule has 1 aliphatic heterocycles. The van der Waals surface area contributed by atoms with Crippen LogP contribution in [0.2, 0.25) is 0 Å². The van der Waals surface area contributed by atoms with Crippen LogP contribution in [-0.4, -0.2) is 71.6 Å². The van der Waals surface area contributed by atoms with Crippen molar-refractivity contribution in [2.24, 2.45) is 0 Å². The quantitative estimate of drug-likeness (QED) is 0.701. The summed E-state index contributed by atoms with van der Waals surface area (Å²) in [7, 11) is 0. The van der Waals surface area contributed by atoms with E-state index in [1.54, 1.807) is 16.7 Å². The zero-order chi connectivity index (χ0) is 19.8. The van der Waals surface area contributed by atoms with E-state index in [1.807, 2.05) is 31.2 Å². The van der Waals surface area contributed by atoms with Crippen molar-refractivity contribution in [3.63, 3.8) is 0 Å². The maximum absolute atomic E-state index is 12.6. The fourth-order valence-electron chi connectivity index (χ4n) is 2.88. The molecular formula is C19H27N3O5. The van der Waals surface area contributed by atoms with Crippen molar-refractivity contribution < 1.29 is 24.2 Å². The Bertz CT molecular complexity index is 671. The average molecular weight is 377 g/mol. The molecule has 1 aliphatic rings. The summed E-state index contributed by atoms with van der Waals surface area (Å²) in [4.78, 5) is 38.4. The first-order valence-corrected chi connectivity index (χ1v) is 9.13. The van der Waals surface area contributed by atoms with Crippen LogP contribution >= 0.6 is 0 Å². The number of carboxylic acids is 1. The van der Waals surface area contributed by atoms with Crippen LogP contribution in [0.5, 0.6) is 5.75 Å². The highest BCUT2D eigenvalue weighted by Gasteiger charge is 2.27. The van der Waals surface area contributed by atoms with E-state index >= 15 is 0 Å². The van der Waals surface area contributed by atoms with Gasteiger partial charge in [0.1, 0.15) is 5.75 Å². The van der Waals surface area contributed by atoms with E-state index in [9.17, 15) is 14.4 Å². The molecule has 1 fully saturated rings. The van der Waals surface area contributed by atoms with Gasteiger partial charge in [0.2, 0.25) is 0 Å². The van der Waals surface area contributed by atoms with Gasteiger partial charge in [0.05, 0.1) is 0 Å². The minimum Gasteiger partial charge on any atom is -0.481 e. The molecule has 0 spiro atoms. The van der Waals surface area contributed by atoms with Crippen LogP contribution in [0.4, 0.5) is 4.79 Å².